The van der Waals surface area contributed by atoms with E-state index in [1.165, 1.54) is 6.07 Å². The summed E-state index contributed by atoms with van der Waals surface area (Å²) in [6.07, 6.45) is 0. The Bertz CT molecular complexity index is 517. The van der Waals surface area contributed by atoms with Gasteiger partial charge in [0.05, 0.1) is 9.13 Å². The molecule has 5 nitrogen and oxygen atoms in total. The van der Waals surface area contributed by atoms with Gasteiger partial charge >= 0.3 is 5.97 Å². The fourth-order valence-electron chi connectivity index (χ4n) is 1.47. The monoisotopic (exact) mass is 489 g/mol. The van der Waals surface area contributed by atoms with Gasteiger partial charge in [0.1, 0.15) is 11.8 Å². The average molecular weight is 489 g/mol. The number of amides is 1. The highest BCUT2D eigenvalue weighted by atomic mass is 127. The number of rotatable bonds is 4. The number of phenols is 1. The van der Waals surface area contributed by atoms with E-state index in [1.807, 2.05) is 45.2 Å². The zero-order valence-corrected chi connectivity index (χ0v) is 14.6. The van der Waals surface area contributed by atoms with Crippen molar-refractivity contribution in [1.29, 1.82) is 0 Å². The highest BCUT2D eigenvalue weighted by molar-refractivity contribution is 14.1. The molecular weight excluding hydrogens is 476 g/mol. The van der Waals surface area contributed by atoms with Crippen LogP contribution < -0.4 is 5.32 Å². The van der Waals surface area contributed by atoms with Gasteiger partial charge in [-0.2, -0.15) is 0 Å². The standard InChI is InChI=1S/C12H13I2NO4/c1-5(2)9(12(18)19)15-11(17)7-3-6(13)4-8(14)10(7)16/h3-5,9,16H,1-2H3,(H,15,17)(H,18,19)/t9-/m1/s1. The minimum Gasteiger partial charge on any atom is -0.506 e. The molecule has 0 aliphatic rings. The number of carbonyl (C=O) groups is 2. The van der Waals surface area contributed by atoms with Crippen molar-refractivity contribution in [1.82, 2.24) is 5.32 Å². The number of benzene rings is 1. The SMILES string of the molecule is CC(C)[C@@H](NC(=O)c1cc(I)cc(I)c1O)C(=O)O. The number of carboxylic acid groups (broad SMARTS) is 1. The van der Waals surface area contributed by atoms with Crippen molar-refractivity contribution in [3.63, 3.8) is 0 Å². The molecule has 0 unspecified atom stereocenters. The summed E-state index contributed by atoms with van der Waals surface area (Å²) < 4.78 is 1.34. The van der Waals surface area contributed by atoms with E-state index < -0.39 is 17.9 Å². The Morgan fingerprint density at radius 2 is 1.84 bits per heavy atom. The minimum atomic E-state index is -1.09. The first kappa shape index (κ1) is 16.5. The van der Waals surface area contributed by atoms with Crippen molar-refractivity contribution in [2.75, 3.05) is 0 Å². The van der Waals surface area contributed by atoms with E-state index in [0.29, 0.717) is 3.57 Å². The molecule has 0 aliphatic heterocycles. The molecule has 19 heavy (non-hydrogen) atoms. The van der Waals surface area contributed by atoms with Crippen molar-refractivity contribution in [3.8, 4) is 5.75 Å². The first-order valence-corrected chi connectivity index (χ1v) is 7.61. The van der Waals surface area contributed by atoms with E-state index in [9.17, 15) is 14.7 Å². The van der Waals surface area contributed by atoms with Crippen LogP contribution in [0.3, 0.4) is 0 Å². The van der Waals surface area contributed by atoms with E-state index in [-0.39, 0.29) is 17.2 Å². The number of phenolic OH excluding ortho intramolecular Hbond substituents is 1. The Balaban J connectivity index is 3.04. The van der Waals surface area contributed by atoms with E-state index in [0.717, 1.165) is 3.57 Å². The fraction of sp³-hybridized carbons (Fsp3) is 0.333. The summed E-state index contributed by atoms with van der Waals surface area (Å²) in [6, 6.07) is 2.26. The lowest BCUT2D eigenvalue weighted by atomic mass is 10.0. The molecule has 1 aromatic carbocycles. The van der Waals surface area contributed by atoms with Crippen LogP contribution in [-0.4, -0.2) is 28.1 Å². The molecule has 0 aromatic heterocycles. The molecule has 0 bridgehead atoms. The lowest BCUT2D eigenvalue weighted by molar-refractivity contribution is -0.140. The molecule has 0 saturated carbocycles. The smallest absolute Gasteiger partial charge is 0.326 e. The van der Waals surface area contributed by atoms with Crippen LogP contribution in [0, 0.1) is 13.1 Å². The lowest BCUT2D eigenvalue weighted by Crippen LogP contribution is -2.44. The molecule has 1 aromatic rings. The van der Waals surface area contributed by atoms with Gasteiger partial charge in [0, 0.05) is 3.57 Å². The Kier molecular flexibility index (Phi) is 5.83. The number of aliphatic carboxylic acids is 1. The van der Waals surface area contributed by atoms with Crippen molar-refractivity contribution in [2.24, 2.45) is 5.92 Å². The Hall–Kier alpha value is -0.580. The van der Waals surface area contributed by atoms with Crippen molar-refractivity contribution in [2.45, 2.75) is 19.9 Å². The summed E-state index contributed by atoms with van der Waals surface area (Å²) in [5.74, 6) is -2.06. The number of hydrogen-bond donors (Lipinski definition) is 3. The van der Waals surface area contributed by atoms with Crippen LogP contribution in [0.1, 0.15) is 24.2 Å². The number of hydrogen-bond acceptors (Lipinski definition) is 3. The molecule has 1 atom stereocenters. The van der Waals surface area contributed by atoms with Gasteiger partial charge < -0.3 is 15.5 Å². The first-order chi connectivity index (χ1) is 8.73. The third kappa shape index (κ3) is 4.20. The van der Waals surface area contributed by atoms with Crippen LogP contribution in [0.5, 0.6) is 5.75 Å². The highest BCUT2D eigenvalue weighted by Gasteiger charge is 2.25. The number of aromatic hydroxyl groups is 1. The normalized spacial score (nSPS) is 12.3. The molecule has 0 fully saturated rings. The topological polar surface area (TPSA) is 86.6 Å². The summed E-state index contributed by atoms with van der Waals surface area (Å²) in [4.78, 5) is 23.1. The molecule has 0 saturated heterocycles. The minimum absolute atomic E-state index is 0.0863. The molecule has 0 heterocycles. The summed E-state index contributed by atoms with van der Waals surface area (Å²) in [7, 11) is 0. The van der Waals surface area contributed by atoms with Crippen LogP contribution in [0.15, 0.2) is 12.1 Å². The van der Waals surface area contributed by atoms with Crippen LogP contribution in [0.2, 0.25) is 0 Å². The van der Waals surface area contributed by atoms with E-state index in [4.69, 9.17) is 5.11 Å². The van der Waals surface area contributed by atoms with Gasteiger partial charge in [-0.1, -0.05) is 13.8 Å². The number of halogens is 2. The largest absolute Gasteiger partial charge is 0.506 e. The van der Waals surface area contributed by atoms with Gasteiger partial charge in [-0.3, -0.25) is 4.79 Å². The van der Waals surface area contributed by atoms with Crippen LogP contribution >= 0.6 is 45.2 Å². The molecular formula is C12H13I2NO4. The number of nitrogens with one attached hydrogen (secondary N) is 1. The second kappa shape index (κ2) is 6.73. The maximum atomic E-state index is 12.0. The maximum absolute atomic E-state index is 12.0. The predicted molar refractivity (Wildman–Crippen MR) is 87.3 cm³/mol. The van der Waals surface area contributed by atoms with E-state index >= 15 is 0 Å². The summed E-state index contributed by atoms with van der Waals surface area (Å²) in [5, 5.41) is 21.3. The summed E-state index contributed by atoms with van der Waals surface area (Å²) in [6.45, 7) is 3.41. The number of carboxylic acids is 1. The molecule has 3 N–H and O–H groups in total. The molecule has 0 radical (unpaired) electrons. The van der Waals surface area contributed by atoms with Crippen molar-refractivity contribution in [3.05, 3.63) is 24.8 Å². The Morgan fingerprint density at radius 1 is 1.26 bits per heavy atom. The summed E-state index contributed by atoms with van der Waals surface area (Å²) in [5.41, 5.74) is 0.0863. The third-order valence-corrected chi connectivity index (χ3v) is 3.94. The second-order valence-corrected chi connectivity index (χ2v) is 6.72. The zero-order valence-electron chi connectivity index (χ0n) is 10.3. The molecule has 0 spiro atoms. The van der Waals surface area contributed by atoms with Gasteiger partial charge in [-0.15, -0.1) is 0 Å². The number of carbonyl (C=O) groups excluding carboxylic acids is 1. The van der Waals surface area contributed by atoms with Crippen LogP contribution in [-0.2, 0) is 4.79 Å². The van der Waals surface area contributed by atoms with Gasteiger partial charge in [0.25, 0.3) is 5.91 Å². The zero-order chi connectivity index (χ0) is 14.7. The molecule has 104 valence electrons. The fourth-order valence-corrected chi connectivity index (χ4v) is 3.32. The molecule has 1 amide bonds. The van der Waals surface area contributed by atoms with Gasteiger partial charge in [-0.25, -0.2) is 4.79 Å². The quantitative estimate of drug-likeness (QED) is 0.568. The van der Waals surface area contributed by atoms with E-state index in [2.05, 4.69) is 5.32 Å². The predicted octanol–water partition coefficient (Wildman–Crippen LogP) is 2.44. The molecule has 7 heteroatoms. The second-order valence-electron chi connectivity index (χ2n) is 4.32. The van der Waals surface area contributed by atoms with Crippen LogP contribution in [0.25, 0.3) is 0 Å². The Labute approximate surface area is 138 Å². The average Bonchev–Trinajstić information content (AvgIpc) is 2.29. The first-order valence-electron chi connectivity index (χ1n) is 5.45. The molecule has 0 aliphatic carbocycles. The maximum Gasteiger partial charge on any atom is 0.326 e. The van der Waals surface area contributed by atoms with Gasteiger partial charge in [-0.05, 0) is 63.2 Å². The third-order valence-electron chi connectivity index (χ3n) is 2.49. The van der Waals surface area contributed by atoms with Gasteiger partial charge in [0.15, 0.2) is 0 Å². The lowest BCUT2D eigenvalue weighted by Gasteiger charge is -2.18. The van der Waals surface area contributed by atoms with Crippen molar-refractivity contribution < 1.29 is 19.8 Å². The highest BCUT2D eigenvalue weighted by Crippen LogP contribution is 2.27. The van der Waals surface area contributed by atoms with Crippen LogP contribution in [0.4, 0.5) is 0 Å². The molecule has 1 rings (SSSR count). The Morgan fingerprint density at radius 3 is 2.32 bits per heavy atom. The van der Waals surface area contributed by atoms with Gasteiger partial charge in [0.2, 0.25) is 0 Å². The van der Waals surface area contributed by atoms with E-state index in [1.54, 1.807) is 19.9 Å². The summed E-state index contributed by atoms with van der Waals surface area (Å²) >= 11 is 3.95. The van der Waals surface area contributed by atoms with Crippen molar-refractivity contribution >= 4 is 57.1 Å².